The van der Waals surface area contributed by atoms with E-state index >= 15 is 0 Å². The van der Waals surface area contributed by atoms with Gasteiger partial charge in [0.15, 0.2) is 0 Å². The standard InChI is InChI=1S/C14H22OS/c1-5-16-11-10-15-13-9-7-6-8-12(13)14(2,3)4/h6-9H,5,10-11H2,1-4H3. The Morgan fingerprint density at radius 3 is 2.50 bits per heavy atom. The molecule has 0 aromatic heterocycles. The summed E-state index contributed by atoms with van der Waals surface area (Å²) in [6.07, 6.45) is 0. The Bertz CT molecular complexity index is 315. The number of hydrogen-bond acceptors (Lipinski definition) is 2. The van der Waals surface area contributed by atoms with E-state index in [0.717, 1.165) is 23.9 Å². The van der Waals surface area contributed by atoms with Crippen molar-refractivity contribution < 1.29 is 4.74 Å². The summed E-state index contributed by atoms with van der Waals surface area (Å²) < 4.78 is 5.84. The Morgan fingerprint density at radius 2 is 1.88 bits per heavy atom. The molecule has 0 saturated heterocycles. The van der Waals surface area contributed by atoms with Crippen molar-refractivity contribution in [3.63, 3.8) is 0 Å². The number of benzene rings is 1. The van der Waals surface area contributed by atoms with Crippen LogP contribution in [0.4, 0.5) is 0 Å². The van der Waals surface area contributed by atoms with Crippen molar-refractivity contribution in [2.75, 3.05) is 18.1 Å². The molecule has 1 nitrogen and oxygen atoms in total. The summed E-state index contributed by atoms with van der Waals surface area (Å²) in [7, 11) is 0. The van der Waals surface area contributed by atoms with Gasteiger partial charge < -0.3 is 4.74 Å². The Morgan fingerprint density at radius 1 is 1.19 bits per heavy atom. The van der Waals surface area contributed by atoms with Crippen LogP contribution in [0, 0.1) is 0 Å². The van der Waals surface area contributed by atoms with Gasteiger partial charge in [0.1, 0.15) is 5.75 Å². The average molecular weight is 238 g/mol. The molecule has 0 bridgehead atoms. The predicted molar refractivity (Wildman–Crippen MR) is 73.6 cm³/mol. The van der Waals surface area contributed by atoms with Crippen LogP contribution >= 0.6 is 11.8 Å². The molecular formula is C14H22OS. The van der Waals surface area contributed by atoms with Crippen molar-refractivity contribution in [1.82, 2.24) is 0 Å². The third kappa shape index (κ3) is 4.09. The molecule has 0 aliphatic carbocycles. The zero-order valence-corrected chi connectivity index (χ0v) is 11.6. The van der Waals surface area contributed by atoms with E-state index in [0.29, 0.717) is 0 Å². The van der Waals surface area contributed by atoms with Crippen molar-refractivity contribution in [2.45, 2.75) is 33.1 Å². The molecule has 90 valence electrons. The van der Waals surface area contributed by atoms with E-state index in [1.807, 2.05) is 17.8 Å². The van der Waals surface area contributed by atoms with Crippen LogP contribution in [0.15, 0.2) is 24.3 Å². The minimum atomic E-state index is 0.147. The summed E-state index contributed by atoms with van der Waals surface area (Å²) in [6.45, 7) is 9.63. The van der Waals surface area contributed by atoms with Crippen LogP contribution in [0.2, 0.25) is 0 Å². The monoisotopic (exact) mass is 238 g/mol. The van der Waals surface area contributed by atoms with Gasteiger partial charge in [-0.15, -0.1) is 0 Å². The van der Waals surface area contributed by atoms with E-state index in [1.165, 1.54) is 5.56 Å². The lowest BCUT2D eigenvalue weighted by Gasteiger charge is -2.22. The molecule has 0 fully saturated rings. The number of ether oxygens (including phenoxy) is 1. The molecule has 0 heterocycles. The highest BCUT2D eigenvalue weighted by Gasteiger charge is 2.17. The van der Waals surface area contributed by atoms with E-state index in [-0.39, 0.29) is 5.41 Å². The molecular weight excluding hydrogens is 216 g/mol. The highest BCUT2D eigenvalue weighted by Crippen LogP contribution is 2.30. The van der Waals surface area contributed by atoms with E-state index in [2.05, 4.69) is 45.9 Å². The maximum absolute atomic E-state index is 5.84. The molecule has 0 aliphatic heterocycles. The number of hydrogen-bond donors (Lipinski definition) is 0. The lowest BCUT2D eigenvalue weighted by atomic mass is 9.86. The van der Waals surface area contributed by atoms with E-state index in [9.17, 15) is 0 Å². The minimum Gasteiger partial charge on any atom is -0.492 e. The van der Waals surface area contributed by atoms with Gasteiger partial charge in [-0.25, -0.2) is 0 Å². The maximum Gasteiger partial charge on any atom is 0.123 e. The van der Waals surface area contributed by atoms with Gasteiger partial charge in [-0.05, 0) is 22.8 Å². The second-order valence-corrected chi connectivity index (χ2v) is 6.19. The molecule has 1 rings (SSSR count). The maximum atomic E-state index is 5.84. The van der Waals surface area contributed by atoms with Crippen molar-refractivity contribution in [1.29, 1.82) is 0 Å². The molecule has 0 spiro atoms. The van der Waals surface area contributed by atoms with E-state index in [4.69, 9.17) is 4.74 Å². The summed E-state index contributed by atoms with van der Waals surface area (Å²) in [5, 5.41) is 0. The van der Waals surface area contributed by atoms with Gasteiger partial charge in [0.05, 0.1) is 6.61 Å². The number of para-hydroxylation sites is 1. The number of rotatable bonds is 5. The van der Waals surface area contributed by atoms with Crippen molar-refractivity contribution >= 4 is 11.8 Å². The average Bonchev–Trinajstić information content (AvgIpc) is 2.24. The van der Waals surface area contributed by atoms with Crippen LogP contribution in [0.1, 0.15) is 33.3 Å². The molecule has 0 amide bonds. The second-order valence-electron chi connectivity index (χ2n) is 4.79. The number of thioether (sulfide) groups is 1. The Kier molecular flexibility index (Phi) is 5.20. The first-order chi connectivity index (χ1) is 7.55. The molecule has 0 aliphatic rings. The summed E-state index contributed by atoms with van der Waals surface area (Å²) in [4.78, 5) is 0. The molecule has 0 unspecified atom stereocenters. The van der Waals surface area contributed by atoms with Crippen LogP contribution in [0.5, 0.6) is 5.75 Å². The Hall–Kier alpha value is -0.630. The first-order valence-corrected chi connectivity index (χ1v) is 7.01. The topological polar surface area (TPSA) is 9.23 Å². The molecule has 1 aromatic rings. The SMILES string of the molecule is CCSCCOc1ccccc1C(C)(C)C. The quantitative estimate of drug-likeness (QED) is 0.714. The molecule has 2 heteroatoms. The lowest BCUT2D eigenvalue weighted by Crippen LogP contribution is -2.14. The van der Waals surface area contributed by atoms with Gasteiger partial charge >= 0.3 is 0 Å². The predicted octanol–water partition coefficient (Wildman–Crippen LogP) is 4.12. The summed E-state index contributed by atoms with van der Waals surface area (Å²) in [6, 6.07) is 8.34. The lowest BCUT2D eigenvalue weighted by molar-refractivity contribution is 0.333. The summed E-state index contributed by atoms with van der Waals surface area (Å²) in [5.74, 6) is 3.26. The highest BCUT2D eigenvalue weighted by molar-refractivity contribution is 7.99. The van der Waals surface area contributed by atoms with Gasteiger partial charge in [-0.1, -0.05) is 45.9 Å². The largest absolute Gasteiger partial charge is 0.492 e. The highest BCUT2D eigenvalue weighted by atomic mass is 32.2. The second kappa shape index (κ2) is 6.19. The molecule has 0 N–H and O–H groups in total. The van der Waals surface area contributed by atoms with Crippen LogP contribution in [-0.4, -0.2) is 18.1 Å². The third-order valence-electron chi connectivity index (χ3n) is 2.38. The van der Waals surface area contributed by atoms with Crippen molar-refractivity contribution in [3.05, 3.63) is 29.8 Å². The molecule has 0 saturated carbocycles. The fourth-order valence-electron chi connectivity index (χ4n) is 1.57. The Labute approximate surface area is 104 Å². The zero-order chi connectivity index (χ0) is 12.0. The summed E-state index contributed by atoms with van der Waals surface area (Å²) in [5.41, 5.74) is 1.44. The normalized spacial score (nSPS) is 11.5. The first-order valence-electron chi connectivity index (χ1n) is 5.85. The molecule has 0 radical (unpaired) electrons. The molecule has 1 aromatic carbocycles. The molecule has 16 heavy (non-hydrogen) atoms. The van der Waals surface area contributed by atoms with Gasteiger partial charge in [0.2, 0.25) is 0 Å². The van der Waals surface area contributed by atoms with Crippen LogP contribution in [0.3, 0.4) is 0 Å². The van der Waals surface area contributed by atoms with Crippen molar-refractivity contribution in [2.24, 2.45) is 0 Å². The van der Waals surface area contributed by atoms with Crippen LogP contribution in [-0.2, 0) is 5.41 Å². The van der Waals surface area contributed by atoms with Gasteiger partial charge in [-0.2, -0.15) is 11.8 Å². The van der Waals surface area contributed by atoms with Crippen molar-refractivity contribution in [3.8, 4) is 5.75 Å². The van der Waals surface area contributed by atoms with Crippen LogP contribution < -0.4 is 4.74 Å². The van der Waals surface area contributed by atoms with E-state index in [1.54, 1.807) is 0 Å². The minimum absolute atomic E-state index is 0.147. The first kappa shape index (κ1) is 13.4. The van der Waals surface area contributed by atoms with Crippen LogP contribution in [0.25, 0.3) is 0 Å². The third-order valence-corrected chi connectivity index (χ3v) is 3.25. The fourth-order valence-corrected chi connectivity index (χ4v) is 2.06. The summed E-state index contributed by atoms with van der Waals surface area (Å²) >= 11 is 1.92. The fraction of sp³-hybridized carbons (Fsp3) is 0.571. The van der Waals surface area contributed by atoms with Gasteiger partial charge in [0, 0.05) is 5.75 Å². The zero-order valence-electron chi connectivity index (χ0n) is 10.7. The smallest absolute Gasteiger partial charge is 0.123 e. The van der Waals surface area contributed by atoms with Gasteiger partial charge in [-0.3, -0.25) is 0 Å². The molecule has 0 atom stereocenters. The van der Waals surface area contributed by atoms with E-state index < -0.39 is 0 Å². The Balaban J connectivity index is 2.65. The van der Waals surface area contributed by atoms with Gasteiger partial charge in [0.25, 0.3) is 0 Å².